The van der Waals surface area contributed by atoms with Crippen LogP contribution in [0.4, 0.5) is 8.78 Å². The molecule has 0 spiro atoms. The maximum Gasteiger partial charge on any atom is 0.343 e. The lowest BCUT2D eigenvalue weighted by Gasteiger charge is -2.62. The highest BCUT2D eigenvalue weighted by Gasteiger charge is 2.82. The summed E-state index contributed by atoms with van der Waals surface area (Å²) in [5.74, 6) is -8.31. The number of carbonyl (C=O) groups is 6. The van der Waals surface area contributed by atoms with Crippen molar-refractivity contribution in [3.05, 3.63) is 131 Å². The lowest BCUT2D eigenvalue weighted by Crippen LogP contribution is -2.70. The van der Waals surface area contributed by atoms with Crippen LogP contribution < -0.4 is 9.47 Å². The number of allylic oxidation sites excluding steroid dienone is 8. The molecule has 4 aromatic rings. The first-order valence-electron chi connectivity index (χ1n) is 31.9. The summed E-state index contributed by atoms with van der Waals surface area (Å²) >= 11 is 0. The van der Waals surface area contributed by atoms with Crippen LogP contribution in [0, 0.1) is 45.3 Å². The van der Waals surface area contributed by atoms with Gasteiger partial charge in [-0.05, 0) is 163 Å². The molecule has 0 bridgehead atoms. The Morgan fingerprint density at radius 3 is 1.34 bits per heavy atom. The van der Waals surface area contributed by atoms with Gasteiger partial charge in [0.15, 0.2) is 58.9 Å². The van der Waals surface area contributed by atoms with Crippen LogP contribution in [0.3, 0.4) is 0 Å². The number of hydrogen-bond acceptors (Lipinski definition) is 16. The van der Waals surface area contributed by atoms with Gasteiger partial charge in [-0.25, -0.2) is 18.4 Å². The van der Waals surface area contributed by atoms with Crippen molar-refractivity contribution in [3.63, 3.8) is 0 Å². The minimum Gasteiger partial charge on any atom is -0.496 e. The quantitative estimate of drug-likeness (QED) is 0.126. The minimum atomic E-state index is -2.18. The number of hydrogen-bond donors (Lipinski definition) is 2. The number of benzene rings is 4. The van der Waals surface area contributed by atoms with E-state index in [0.29, 0.717) is 69.5 Å². The highest BCUT2D eigenvalue weighted by Crippen LogP contribution is 2.74. The number of methoxy groups -OCH3 is 2. The number of ketones is 4. The van der Waals surface area contributed by atoms with E-state index in [2.05, 4.69) is 0 Å². The molecule has 16 atom stereocenters. The van der Waals surface area contributed by atoms with E-state index in [1.807, 2.05) is 38.1 Å². The second kappa shape index (κ2) is 20.4. The Balaban J connectivity index is 0.753. The fourth-order valence-corrected chi connectivity index (χ4v) is 20.4. The van der Waals surface area contributed by atoms with Gasteiger partial charge in [-0.15, -0.1) is 0 Å². The summed E-state index contributed by atoms with van der Waals surface area (Å²) < 4.78 is 87.6. The van der Waals surface area contributed by atoms with Crippen LogP contribution in [0.5, 0.6) is 11.5 Å². The van der Waals surface area contributed by atoms with Crippen molar-refractivity contribution in [1.82, 2.24) is 0 Å². The third kappa shape index (κ3) is 8.17. The van der Waals surface area contributed by atoms with Gasteiger partial charge in [0.1, 0.15) is 22.6 Å². The summed E-state index contributed by atoms with van der Waals surface area (Å²) in [6.07, 6.45) is 5.54. The lowest BCUT2D eigenvalue weighted by molar-refractivity contribution is -0.246. The molecule has 0 aromatic heterocycles. The molecule has 10 aliphatic rings. The van der Waals surface area contributed by atoms with Crippen LogP contribution in [0.2, 0.25) is 0 Å². The normalized spacial score (nSPS) is 39.3. The van der Waals surface area contributed by atoms with Crippen molar-refractivity contribution in [1.29, 1.82) is 0 Å². The number of esters is 2. The molecule has 2 heterocycles. The SMILES string of the molecule is COc1c(Cc2cc3ccccc3c(C(=O)OCC(=O)[C@@]34OC(C)(C)O[C@H]3CC3C5CCC6=CC(=O)C=C[C@]6(C)C5(F)[C@@H](O)C[C@@]34C)c2OC)cc2ccccc2c1C(=O)OCC(=O)[C@@]12OC(C)(C)O[C@H]1CC1C3CCC4=CC(=O)C=C[C@]4(C)C3(F)[C@H](O)C[C@@]12C. The molecule has 4 aromatic carbocycles. The molecule has 18 heteroatoms. The lowest BCUT2D eigenvalue weighted by atomic mass is 9.44. The van der Waals surface area contributed by atoms with Crippen molar-refractivity contribution >= 4 is 56.6 Å². The average Bonchev–Trinajstić information content (AvgIpc) is 1.56. The summed E-state index contributed by atoms with van der Waals surface area (Å²) in [5.41, 5.74) is -10.6. The number of rotatable bonds is 12. The first-order chi connectivity index (χ1) is 42.9. The molecular formula is C73H78F2O16. The second-order valence-electron chi connectivity index (χ2n) is 29.2. The molecule has 0 radical (unpaired) electrons. The Kier molecular flexibility index (Phi) is 13.8. The van der Waals surface area contributed by atoms with Crippen molar-refractivity contribution in [2.45, 2.75) is 172 Å². The van der Waals surface area contributed by atoms with Crippen LogP contribution in [0.25, 0.3) is 21.5 Å². The third-order valence-corrected chi connectivity index (χ3v) is 24.1. The van der Waals surface area contributed by atoms with Gasteiger partial charge in [-0.1, -0.05) is 85.7 Å². The van der Waals surface area contributed by atoms with E-state index in [-0.39, 0.29) is 66.3 Å². The van der Waals surface area contributed by atoms with Crippen LogP contribution in [0.15, 0.2) is 108 Å². The maximum atomic E-state index is 18.2. The Morgan fingerprint density at radius 2 is 0.956 bits per heavy atom. The maximum absolute atomic E-state index is 18.2. The van der Waals surface area contributed by atoms with Gasteiger partial charge in [0.05, 0.1) is 38.6 Å². The number of alkyl halides is 2. The van der Waals surface area contributed by atoms with E-state index in [9.17, 15) is 19.8 Å². The van der Waals surface area contributed by atoms with Crippen LogP contribution in [-0.4, -0.2) is 131 Å². The first kappa shape index (κ1) is 61.7. The number of aliphatic hydroxyl groups excluding tert-OH is 2. The van der Waals surface area contributed by atoms with Gasteiger partial charge in [0, 0.05) is 51.0 Å². The summed E-state index contributed by atoms with van der Waals surface area (Å²) in [6, 6.07) is 17.9. The van der Waals surface area contributed by atoms with Gasteiger partial charge in [-0.2, -0.15) is 0 Å². The van der Waals surface area contributed by atoms with Crippen molar-refractivity contribution in [3.8, 4) is 11.5 Å². The molecule has 6 unspecified atom stereocenters. The number of halogens is 2. The van der Waals surface area contributed by atoms with Crippen molar-refractivity contribution in [2.24, 2.45) is 45.3 Å². The highest BCUT2D eigenvalue weighted by molar-refractivity contribution is 6.10. The van der Waals surface area contributed by atoms with Gasteiger partial charge in [-0.3, -0.25) is 19.2 Å². The Morgan fingerprint density at radius 1 is 0.571 bits per heavy atom. The molecule has 0 amide bonds. The van der Waals surface area contributed by atoms with E-state index in [0.717, 1.165) is 0 Å². The van der Waals surface area contributed by atoms with Gasteiger partial charge in [0.25, 0.3) is 0 Å². The van der Waals surface area contributed by atoms with E-state index >= 15 is 28.0 Å². The van der Waals surface area contributed by atoms with Gasteiger partial charge >= 0.3 is 11.9 Å². The topological polar surface area (TPSA) is 217 Å². The molecular weight excluding hydrogens is 1170 g/mol. The summed E-state index contributed by atoms with van der Waals surface area (Å²) in [6.45, 7) is 12.4. The fourth-order valence-electron chi connectivity index (χ4n) is 20.4. The van der Waals surface area contributed by atoms with E-state index in [1.54, 1.807) is 90.1 Å². The second-order valence-corrected chi connectivity index (χ2v) is 29.2. The van der Waals surface area contributed by atoms with Gasteiger partial charge in [0.2, 0.25) is 11.6 Å². The predicted molar refractivity (Wildman–Crippen MR) is 327 cm³/mol. The number of aliphatic hydroxyl groups is 2. The first-order valence-corrected chi connectivity index (χ1v) is 31.9. The number of ether oxygens (including phenoxy) is 8. The summed E-state index contributed by atoms with van der Waals surface area (Å²) in [7, 11) is 2.82. The fraction of sp³-hybridized carbons (Fsp3) is 0.534. The van der Waals surface area contributed by atoms with E-state index < -0.39 is 141 Å². The molecule has 14 rings (SSSR count). The number of carbonyl (C=O) groups excluding carboxylic acids is 6. The van der Waals surface area contributed by atoms with Crippen molar-refractivity contribution < 1.29 is 85.7 Å². The molecule has 6 saturated carbocycles. The average molecular weight is 1250 g/mol. The zero-order chi connectivity index (χ0) is 64.8. The molecule has 2 N–H and O–H groups in total. The van der Waals surface area contributed by atoms with Gasteiger partial charge < -0.3 is 48.1 Å². The van der Waals surface area contributed by atoms with Crippen LogP contribution in [0.1, 0.15) is 139 Å². The number of Topliss-reactive ketones (excluding diaryl/α,β-unsaturated/α-hetero) is 2. The molecule has 16 nitrogen and oxygen atoms in total. The Labute approximate surface area is 526 Å². The summed E-state index contributed by atoms with van der Waals surface area (Å²) in [4.78, 5) is 85.8. The van der Waals surface area contributed by atoms with Crippen molar-refractivity contribution in [2.75, 3.05) is 27.4 Å². The zero-order valence-electron chi connectivity index (χ0n) is 53.0. The minimum absolute atomic E-state index is 0.00000261. The Bertz CT molecular complexity index is 3760. The molecule has 91 heavy (non-hydrogen) atoms. The third-order valence-electron chi connectivity index (χ3n) is 24.1. The van der Waals surface area contributed by atoms with Crippen LogP contribution >= 0.6 is 0 Å². The molecule has 8 aliphatic carbocycles. The monoisotopic (exact) mass is 1250 g/mol. The largest absolute Gasteiger partial charge is 0.496 e. The highest BCUT2D eigenvalue weighted by atomic mass is 19.1. The molecule has 2 saturated heterocycles. The number of fused-ring (bicyclic) bond motifs is 16. The van der Waals surface area contributed by atoms with Crippen LogP contribution in [-0.2, 0) is 54.0 Å². The standard InChI is InChI=1S/C73H78F2O16/c1-64(2)88-56-32-50-48-21-19-42-30-44(76)23-25-66(42,5)70(48,74)52(78)34-68(50,7)72(56,90-64)54(80)36-86-62(82)58-46-17-13-11-15-38(46)27-40(60(58)84-9)29-41-28-39-16-12-14-18-47(39)59(61(41)85-10)63(83)87-37-55(81)73-57(89-65(3,4)91-73)33-51-49-22-20-43-31-45(77)24-26-67(43,6)71(49,75)53(79)35-69(51,73)8/h11-18,23-28,30-31,48-53,56-57,78-79H,19-22,29,32-37H2,1-10H3/t48?,49?,50?,51?,52-,53+,56-,57-,66-,67-,68-,69-,70?,71?,72+,73+/m0/s1. The Hall–Kier alpha value is -6.80. The molecule has 480 valence electrons. The zero-order valence-corrected chi connectivity index (χ0v) is 53.0. The molecule has 8 fully saturated rings. The van der Waals surface area contributed by atoms with E-state index in [4.69, 9.17) is 37.9 Å². The predicted octanol–water partition coefficient (Wildman–Crippen LogP) is 10.8. The van der Waals surface area contributed by atoms with E-state index in [1.165, 1.54) is 38.5 Å². The summed E-state index contributed by atoms with van der Waals surface area (Å²) in [5, 5.41) is 26.5. The molecule has 2 aliphatic heterocycles. The smallest absolute Gasteiger partial charge is 0.343 e.